The molecule has 0 bridgehead atoms. The van der Waals surface area contributed by atoms with Crippen LogP contribution < -0.4 is 0 Å². The van der Waals surface area contributed by atoms with Crippen molar-refractivity contribution in [1.82, 2.24) is 0 Å². The molecule has 0 aliphatic carbocycles. The highest BCUT2D eigenvalue weighted by molar-refractivity contribution is 5.26. The minimum absolute atomic E-state index is 3.95. The van der Waals surface area contributed by atoms with E-state index in [4.69, 9.17) is 0 Å². The maximum absolute atomic E-state index is 12.9. The van der Waals surface area contributed by atoms with Crippen molar-refractivity contribution in [3.8, 4) is 0 Å². The van der Waals surface area contributed by atoms with Crippen LogP contribution in [0.3, 0.4) is 0 Å². The molecule has 0 saturated heterocycles. The predicted octanol–water partition coefficient (Wildman–Crippen LogP) is 4.75. The molecule has 0 radical (unpaired) electrons. The molecule has 106 valence electrons. The average molecular weight is 294 g/mol. The average Bonchev–Trinajstić information content (AvgIpc) is 2.24. The number of rotatable bonds is 4. The van der Waals surface area contributed by atoms with Gasteiger partial charge in [0, 0.05) is 0 Å². The molecular weight excluding hydrogens is 293 g/mol. The molecule has 0 nitrogen and oxygen atoms in total. The fourth-order valence-corrected chi connectivity index (χ4v) is 0.787. The van der Waals surface area contributed by atoms with E-state index in [-0.39, 0.29) is 0 Å². The second-order valence-corrected chi connectivity index (χ2v) is 2.74. The summed E-state index contributed by atoms with van der Waals surface area (Å²) in [5, 5.41) is 0. The molecule has 1 atom stereocenters. The Morgan fingerprint density at radius 2 is 1.00 bits per heavy atom. The van der Waals surface area contributed by atoms with E-state index >= 15 is 0 Å². The van der Waals surface area contributed by atoms with Gasteiger partial charge in [0.25, 0.3) is 12.1 Å². The molecule has 0 heterocycles. The third kappa shape index (κ3) is 2.43. The number of hydrogen-bond donors (Lipinski definition) is 0. The molecule has 11 heteroatoms. The van der Waals surface area contributed by atoms with Gasteiger partial charge in [0.1, 0.15) is 0 Å². The van der Waals surface area contributed by atoms with Gasteiger partial charge in [0.05, 0.1) is 0 Å². The lowest BCUT2D eigenvalue weighted by molar-refractivity contribution is -0.177. The summed E-state index contributed by atoms with van der Waals surface area (Å²) in [6.07, 6.45) is -13.1. The van der Waals surface area contributed by atoms with Gasteiger partial charge in [0.2, 0.25) is 11.7 Å². The number of hydrogen-bond acceptors (Lipinski definition) is 0. The maximum Gasteiger partial charge on any atom is 0.349 e. The van der Waals surface area contributed by atoms with E-state index in [1.54, 1.807) is 0 Å². The van der Waals surface area contributed by atoms with Crippen molar-refractivity contribution in [2.45, 2.75) is 18.0 Å². The first-order valence-electron chi connectivity index (χ1n) is 3.68. The Balaban J connectivity index is 6.11. The van der Waals surface area contributed by atoms with E-state index < -0.39 is 41.8 Å². The highest BCUT2D eigenvalue weighted by Gasteiger charge is 2.70. The SMILES string of the molecule is FC(F)=C(F)C(F)(F)C(F)(C(F)=C(F)F)C(F)F. The van der Waals surface area contributed by atoms with Gasteiger partial charge < -0.3 is 0 Å². The molecular formula is C7HF11. The Morgan fingerprint density at radius 3 is 1.22 bits per heavy atom. The molecule has 0 aromatic carbocycles. The number of alkyl halides is 5. The third-order valence-corrected chi connectivity index (χ3v) is 1.68. The largest absolute Gasteiger partial charge is 0.349 e. The van der Waals surface area contributed by atoms with Gasteiger partial charge in [-0.3, -0.25) is 0 Å². The summed E-state index contributed by atoms with van der Waals surface area (Å²) in [5.41, 5.74) is -6.24. The van der Waals surface area contributed by atoms with Gasteiger partial charge in [-0.2, -0.15) is 30.7 Å². The molecule has 0 aromatic heterocycles. The highest BCUT2D eigenvalue weighted by Crippen LogP contribution is 2.50. The van der Waals surface area contributed by atoms with Gasteiger partial charge in [-0.15, -0.1) is 0 Å². The summed E-state index contributed by atoms with van der Waals surface area (Å²) in [4.78, 5) is 0. The zero-order valence-corrected chi connectivity index (χ0v) is 7.73. The molecule has 0 aliphatic heterocycles. The molecule has 0 N–H and O–H groups in total. The van der Waals surface area contributed by atoms with Crippen LogP contribution in [0, 0.1) is 0 Å². The van der Waals surface area contributed by atoms with E-state index in [2.05, 4.69) is 0 Å². The van der Waals surface area contributed by atoms with Gasteiger partial charge >= 0.3 is 18.1 Å². The van der Waals surface area contributed by atoms with E-state index in [0.29, 0.717) is 0 Å². The summed E-state index contributed by atoms with van der Waals surface area (Å²) >= 11 is 0. The standard InChI is InChI=1S/C7HF11/c8-1(3(10)11)6(16,5(14)15)7(17,18)2(9)4(12)13/h5H. The van der Waals surface area contributed by atoms with E-state index in [1.165, 1.54) is 0 Å². The van der Waals surface area contributed by atoms with Crippen molar-refractivity contribution < 1.29 is 48.3 Å². The quantitative estimate of drug-likeness (QED) is 0.656. The normalized spacial score (nSPS) is 15.3. The lowest BCUT2D eigenvalue weighted by Crippen LogP contribution is -2.51. The zero-order valence-electron chi connectivity index (χ0n) is 7.73. The highest BCUT2D eigenvalue weighted by atomic mass is 19.3. The second-order valence-electron chi connectivity index (χ2n) is 2.74. The minimum atomic E-state index is -6.51. The Kier molecular flexibility index (Phi) is 4.77. The van der Waals surface area contributed by atoms with Crippen LogP contribution in [0.5, 0.6) is 0 Å². The van der Waals surface area contributed by atoms with Crippen LogP contribution in [0.2, 0.25) is 0 Å². The van der Waals surface area contributed by atoms with Crippen molar-refractivity contribution in [2.24, 2.45) is 0 Å². The molecule has 0 fully saturated rings. The zero-order chi connectivity index (χ0) is 14.9. The maximum atomic E-state index is 12.9. The first-order valence-corrected chi connectivity index (χ1v) is 3.68. The molecule has 1 unspecified atom stereocenters. The second kappa shape index (κ2) is 5.14. The fraction of sp³-hybridized carbons (Fsp3) is 0.429. The molecule has 0 amide bonds. The van der Waals surface area contributed by atoms with Crippen LogP contribution in [-0.4, -0.2) is 18.0 Å². The lowest BCUT2D eigenvalue weighted by atomic mass is 9.95. The van der Waals surface area contributed by atoms with Gasteiger partial charge in [-0.25, -0.2) is 17.6 Å². The Hall–Kier alpha value is -1.29. The first kappa shape index (κ1) is 16.7. The molecule has 0 spiro atoms. The van der Waals surface area contributed by atoms with E-state index in [9.17, 15) is 48.3 Å². The first-order chi connectivity index (χ1) is 7.90. The van der Waals surface area contributed by atoms with Crippen LogP contribution in [0.25, 0.3) is 0 Å². The van der Waals surface area contributed by atoms with Gasteiger partial charge in [-0.05, 0) is 0 Å². The summed E-state index contributed by atoms with van der Waals surface area (Å²) in [6, 6.07) is 0. The van der Waals surface area contributed by atoms with E-state index in [1.807, 2.05) is 0 Å². The van der Waals surface area contributed by atoms with Crippen molar-refractivity contribution in [1.29, 1.82) is 0 Å². The summed E-state index contributed by atoms with van der Waals surface area (Å²) in [6.45, 7) is 0. The summed E-state index contributed by atoms with van der Waals surface area (Å²) in [7, 11) is 0. The van der Waals surface area contributed by atoms with Crippen LogP contribution >= 0.6 is 0 Å². The van der Waals surface area contributed by atoms with Crippen LogP contribution in [0.1, 0.15) is 0 Å². The molecule has 18 heavy (non-hydrogen) atoms. The monoisotopic (exact) mass is 294 g/mol. The van der Waals surface area contributed by atoms with Crippen LogP contribution in [-0.2, 0) is 0 Å². The number of allylic oxidation sites excluding steroid dienone is 2. The summed E-state index contributed by atoms with van der Waals surface area (Å²) < 4.78 is 132. The topological polar surface area (TPSA) is 0 Å². The molecule has 0 aliphatic rings. The fourth-order valence-electron chi connectivity index (χ4n) is 0.787. The minimum Gasteiger partial charge on any atom is -0.222 e. The van der Waals surface area contributed by atoms with Crippen molar-refractivity contribution >= 4 is 0 Å². The molecule has 0 saturated carbocycles. The Labute approximate surface area is 91.4 Å². The van der Waals surface area contributed by atoms with E-state index in [0.717, 1.165) is 0 Å². The smallest absolute Gasteiger partial charge is 0.222 e. The number of halogens is 11. The van der Waals surface area contributed by atoms with Crippen LogP contribution in [0.15, 0.2) is 23.8 Å². The van der Waals surface area contributed by atoms with Crippen molar-refractivity contribution in [3.63, 3.8) is 0 Å². The van der Waals surface area contributed by atoms with Gasteiger partial charge in [0.15, 0.2) is 0 Å². The molecule has 0 aromatic rings. The Morgan fingerprint density at radius 1 is 0.667 bits per heavy atom. The lowest BCUT2D eigenvalue weighted by Gasteiger charge is -2.29. The third-order valence-electron chi connectivity index (χ3n) is 1.68. The van der Waals surface area contributed by atoms with Crippen molar-refractivity contribution in [2.75, 3.05) is 0 Å². The summed E-state index contributed by atoms with van der Waals surface area (Å²) in [5.74, 6) is -14.6. The predicted molar refractivity (Wildman–Crippen MR) is 35.5 cm³/mol. The van der Waals surface area contributed by atoms with Crippen LogP contribution in [0.4, 0.5) is 48.3 Å². The Bertz CT molecular complexity index is 373. The van der Waals surface area contributed by atoms with Gasteiger partial charge in [-0.1, -0.05) is 0 Å². The molecule has 0 rings (SSSR count). The van der Waals surface area contributed by atoms with Crippen molar-refractivity contribution in [3.05, 3.63) is 23.8 Å².